The molecule has 0 aromatic heterocycles. The molecular weight excluding hydrogens is 268 g/mol. The number of carboxylic acid groups (broad SMARTS) is 1. The van der Waals surface area contributed by atoms with Gasteiger partial charge in [0.25, 0.3) is 0 Å². The fourth-order valence-electron chi connectivity index (χ4n) is 1.54. The first-order chi connectivity index (χ1) is 8.77. The third kappa shape index (κ3) is 3.93. The number of anilines is 1. The highest BCUT2D eigenvalue weighted by Gasteiger charge is 2.21. The molecule has 0 amide bonds. The van der Waals surface area contributed by atoms with Gasteiger partial charge in [0.15, 0.2) is 0 Å². The van der Waals surface area contributed by atoms with Crippen molar-refractivity contribution < 1.29 is 18.3 Å². The number of carboxylic acids is 1. The van der Waals surface area contributed by atoms with Crippen LogP contribution in [-0.4, -0.2) is 32.6 Å². The summed E-state index contributed by atoms with van der Waals surface area (Å²) < 4.78 is 25.3. The molecule has 0 spiro atoms. The van der Waals surface area contributed by atoms with E-state index in [1.807, 2.05) is 0 Å². The Morgan fingerprint density at radius 2 is 1.74 bits per heavy atom. The molecule has 0 radical (unpaired) electrons. The zero-order chi connectivity index (χ0) is 14.6. The predicted octanol–water partition coefficient (Wildman–Crippen LogP) is 1.12. The van der Waals surface area contributed by atoms with Crippen molar-refractivity contribution in [2.45, 2.75) is 24.8 Å². The van der Waals surface area contributed by atoms with Crippen molar-refractivity contribution in [3.05, 3.63) is 24.3 Å². The largest absolute Gasteiger partial charge is 0.480 e. The molecule has 0 aliphatic carbocycles. The lowest BCUT2D eigenvalue weighted by Crippen LogP contribution is -2.34. The number of hydrogen-bond donors (Lipinski definition) is 3. The first-order valence-corrected chi connectivity index (χ1v) is 7.29. The maximum atomic E-state index is 11.5. The van der Waals surface area contributed by atoms with Crippen LogP contribution in [0.2, 0.25) is 0 Å². The Balaban J connectivity index is 2.91. The number of hydrogen-bond acceptors (Lipinski definition) is 4. The lowest BCUT2D eigenvalue weighted by molar-refractivity contribution is -0.138. The van der Waals surface area contributed by atoms with Crippen LogP contribution < -0.4 is 10.0 Å². The quantitative estimate of drug-likeness (QED) is 0.728. The molecule has 0 heterocycles. The molecule has 1 rings (SSSR count). The van der Waals surface area contributed by atoms with E-state index < -0.39 is 22.0 Å². The van der Waals surface area contributed by atoms with Gasteiger partial charge in [0.2, 0.25) is 10.0 Å². The molecular formula is C12H18N2O4S. The van der Waals surface area contributed by atoms with Gasteiger partial charge >= 0.3 is 5.97 Å². The van der Waals surface area contributed by atoms with Gasteiger partial charge in [0.05, 0.1) is 4.90 Å². The fraction of sp³-hybridized carbons (Fsp3) is 0.417. The normalized spacial score (nSPS) is 13.3. The SMILES string of the molecule is CNS(=O)(=O)c1ccc(NC(C(=O)O)C(C)C)cc1. The van der Waals surface area contributed by atoms with Gasteiger partial charge < -0.3 is 10.4 Å². The second-order valence-electron chi connectivity index (χ2n) is 4.44. The molecule has 106 valence electrons. The van der Waals surface area contributed by atoms with Gasteiger partial charge in [-0.1, -0.05) is 13.8 Å². The summed E-state index contributed by atoms with van der Waals surface area (Å²) in [5.41, 5.74) is 0.566. The number of nitrogens with one attached hydrogen (secondary N) is 2. The van der Waals surface area contributed by atoms with Crippen LogP contribution in [-0.2, 0) is 14.8 Å². The highest BCUT2D eigenvalue weighted by molar-refractivity contribution is 7.89. The van der Waals surface area contributed by atoms with Crippen LogP contribution >= 0.6 is 0 Å². The third-order valence-electron chi connectivity index (χ3n) is 2.69. The molecule has 1 aromatic carbocycles. The van der Waals surface area contributed by atoms with E-state index in [1.54, 1.807) is 26.0 Å². The van der Waals surface area contributed by atoms with Gasteiger partial charge in [-0.25, -0.2) is 17.9 Å². The summed E-state index contributed by atoms with van der Waals surface area (Å²) in [7, 11) is -2.14. The van der Waals surface area contributed by atoms with Crippen LogP contribution in [0.3, 0.4) is 0 Å². The van der Waals surface area contributed by atoms with Gasteiger partial charge in [0, 0.05) is 5.69 Å². The molecule has 1 unspecified atom stereocenters. The van der Waals surface area contributed by atoms with E-state index in [9.17, 15) is 13.2 Å². The molecule has 19 heavy (non-hydrogen) atoms. The lowest BCUT2D eigenvalue weighted by Gasteiger charge is -2.19. The third-order valence-corrected chi connectivity index (χ3v) is 4.12. The number of benzene rings is 1. The van der Waals surface area contributed by atoms with E-state index in [2.05, 4.69) is 10.0 Å². The fourth-order valence-corrected chi connectivity index (χ4v) is 2.27. The standard InChI is InChI=1S/C12H18N2O4S/c1-8(2)11(12(15)16)14-9-4-6-10(7-5-9)19(17,18)13-3/h4-8,11,13-14H,1-3H3,(H,15,16). The smallest absolute Gasteiger partial charge is 0.326 e. The van der Waals surface area contributed by atoms with Crippen molar-refractivity contribution in [1.29, 1.82) is 0 Å². The van der Waals surface area contributed by atoms with Crippen LogP contribution in [0.5, 0.6) is 0 Å². The van der Waals surface area contributed by atoms with E-state index in [-0.39, 0.29) is 10.8 Å². The Kier molecular flexibility index (Phi) is 4.90. The second-order valence-corrected chi connectivity index (χ2v) is 6.32. The highest BCUT2D eigenvalue weighted by atomic mass is 32.2. The van der Waals surface area contributed by atoms with Gasteiger partial charge in [-0.3, -0.25) is 0 Å². The minimum absolute atomic E-state index is 0.0850. The van der Waals surface area contributed by atoms with Crippen LogP contribution in [0.4, 0.5) is 5.69 Å². The monoisotopic (exact) mass is 286 g/mol. The van der Waals surface area contributed by atoms with Crippen molar-refractivity contribution >= 4 is 21.7 Å². The van der Waals surface area contributed by atoms with Crippen LogP contribution in [0.25, 0.3) is 0 Å². The zero-order valence-corrected chi connectivity index (χ0v) is 11.9. The van der Waals surface area contributed by atoms with E-state index in [0.29, 0.717) is 5.69 Å². The predicted molar refractivity (Wildman–Crippen MR) is 72.6 cm³/mol. The van der Waals surface area contributed by atoms with Crippen molar-refractivity contribution in [2.75, 3.05) is 12.4 Å². The van der Waals surface area contributed by atoms with Crippen LogP contribution in [0, 0.1) is 5.92 Å². The first-order valence-electron chi connectivity index (χ1n) is 5.81. The molecule has 6 nitrogen and oxygen atoms in total. The molecule has 0 fully saturated rings. The summed E-state index contributed by atoms with van der Waals surface area (Å²) in [4.78, 5) is 11.2. The van der Waals surface area contributed by atoms with E-state index in [4.69, 9.17) is 5.11 Å². The summed E-state index contributed by atoms with van der Waals surface area (Å²) in [6.45, 7) is 3.59. The maximum Gasteiger partial charge on any atom is 0.326 e. The van der Waals surface area contributed by atoms with Crippen LogP contribution in [0.1, 0.15) is 13.8 Å². The molecule has 0 aliphatic heterocycles. The Labute approximate surface area is 112 Å². The number of rotatable bonds is 6. The topological polar surface area (TPSA) is 95.5 Å². The Morgan fingerprint density at radius 3 is 2.11 bits per heavy atom. The van der Waals surface area contributed by atoms with Crippen molar-refractivity contribution in [2.24, 2.45) is 5.92 Å². The summed E-state index contributed by atoms with van der Waals surface area (Å²) in [5.74, 6) is -1.03. The first kappa shape index (κ1) is 15.5. The minimum atomic E-state index is -3.47. The van der Waals surface area contributed by atoms with E-state index in [0.717, 1.165) is 0 Å². The molecule has 7 heteroatoms. The number of aliphatic carboxylic acids is 1. The lowest BCUT2D eigenvalue weighted by atomic mass is 10.0. The van der Waals surface area contributed by atoms with E-state index in [1.165, 1.54) is 19.2 Å². The Bertz CT molecular complexity index is 537. The molecule has 0 saturated heterocycles. The van der Waals surface area contributed by atoms with E-state index >= 15 is 0 Å². The summed E-state index contributed by atoms with van der Waals surface area (Å²) in [6, 6.07) is 5.22. The van der Waals surface area contributed by atoms with Crippen LogP contribution in [0.15, 0.2) is 29.2 Å². The highest BCUT2D eigenvalue weighted by Crippen LogP contribution is 2.16. The molecule has 0 aliphatic rings. The molecule has 1 aromatic rings. The Hall–Kier alpha value is -1.60. The van der Waals surface area contributed by atoms with Gasteiger partial charge in [-0.15, -0.1) is 0 Å². The molecule has 3 N–H and O–H groups in total. The second kappa shape index (κ2) is 6.03. The maximum absolute atomic E-state index is 11.5. The zero-order valence-electron chi connectivity index (χ0n) is 11.0. The van der Waals surface area contributed by atoms with Crippen molar-refractivity contribution in [3.8, 4) is 0 Å². The minimum Gasteiger partial charge on any atom is -0.480 e. The summed E-state index contributed by atoms with van der Waals surface area (Å²) in [5, 5.41) is 11.9. The van der Waals surface area contributed by atoms with Gasteiger partial charge in [-0.05, 0) is 37.2 Å². The molecule has 1 atom stereocenters. The van der Waals surface area contributed by atoms with Gasteiger partial charge in [0.1, 0.15) is 6.04 Å². The summed E-state index contributed by atoms with van der Waals surface area (Å²) in [6.07, 6.45) is 0. The number of sulfonamides is 1. The van der Waals surface area contributed by atoms with Crippen molar-refractivity contribution in [3.63, 3.8) is 0 Å². The number of carbonyl (C=O) groups is 1. The Morgan fingerprint density at radius 1 is 1.21 bits per heavy atom. The van der Waals surface area contributed by atoms with Gasteiger partial charge in [-0.2, -0.15) is 0 Å². The average Bonchev–Trinajstić information content (AvgIpc) is 2.35. The molecule has 0 saturated carbocycles. The average molecular weight is 286 g/mol. The summed E-state index contributed by atoms with van der Waals surface area (Å²) >= 11 is 0. The molecule has 0 bridgehead atoms. The van der Waals surface area contributed by atoms with Crippen molar-refractivity contribution in [1.82, 2.24) is 4.72 Å².